The standard InChI is InChI=1S/C20H22N4O2S.C19H20N4S.C19H25N3OS.C18H18N4OS.2C16H17N5S2/c1-11-8-12(2)22-20-16(11)17-18(27-20)19(23-24(17)3)21-10-13-6-7-14(25-4)9-15(13)26-5;1-11-5-7-14(8-6-11)10-20-18-17-16(23(4)22-18)15-12(2)9-13(3)21-19(15)24-17;1-12-10-13(2)20-19-16(12)17-18(24-19)15(11-22(17)8-9-23)21-14-6-4-3-5-7-14;1-11-4-9-14-15-16(24-18(14)20-11)17(21-22(15)2)19-10-12-5-7-13(23-3)8-6-12;1-8-5-9(2)18-16-12(8)13-14(23-16)15(20-21(13)4)17-6-11-7-22-10(3)19-11;1-8-5-9(2)19-16-12(8)13-14(23-16)15(20-21(13)4)17-6-11-18-10(3)7-22-11/h6-9H,10H2,1-5H3,(H,21,23);5-9H,10H2,1-4H3,(H,20,22);10-11,14,21,23H,3-9H2,1-2H3;4-9H,10H2,1-3H3,(H,19,21);2*5,7H,6H2,1-4H3,(H,17,20). The number of thiazole rings is 2. The van der Waals surface area contributed by atoms with Crippen molar-refractivity contribution < 1.29 is 19.3 Å². The molecular formula is C108H119N25O4S8. The number of methoxy groups -OCH3 is 3. The number of aliphatic hydroxyl groups is 1. The highest BCUT2D eigenvalue weighted by Crippen LogP contribution is 2.47. The first-order chi connectivity index (χ1) is 69.9. The van der Waals surface area contributed by atoms with E-state index < -0.39 is 0 Å². The first-order valence-corrected chi connectivity index (χ1v) is 54.9. The lowest BCUT2D eigenvalue weighted by molar-refractivity contribution is 0.278. The third-order valence-corrected chi connectivity index (χ3v) is 34.2. The molecule has 23 aromatic rings. The molecule has 1 saturated carbocycles. The number of aryl methyl sites for hydroxylation is 19. The maximum absolute atomic E-state index is 9.48. The number of rotatable bonds is 22. The normalized spacial score (nSPS) is 12.3. The van der Waals surface area contributed by atoms with Crippen molar-refractivity contribution in [2.24, 2.45) is 35.2 Å². The molecule has 0 spiro atoms. The molecule has 20 aromatic heterocycles. The molecule has 0 saturated heterocycles. The highest BCUT2D eigenvalue weighted by atomic mass is 32.1. The van der Waals surface area contributed by atoms with Gasteiger partial charge < -0.3 is 55.8 Å². The average molecular weight is 2090 g/mol. The molecule has 3 aromatic carbocycles. The van der Waals surface area contributed by atoms with Crippen molar-refractivity contribution in [3.8, 4) is 17.2 Å². The Morgan fingerprint density at radius 1 is 0.359 bits per heavy atom. The summed E-state index contributed by atoms with van der Waals surface area (Å²) in [4.78, 5) is 43.6. The maximum Gasteiger partial charge on any atom is 0.166 e. The number of hydrogen-bond acceptors (Lipinski definition) is 31. The lowest BCUT2D eigenvalue weighted by Gasteiger charge is -2.23. The van der Waals surface area contributed by atoms with E-state index in [1.54, 1.807) is 112 Å². The van der Waals surface area contributed by atoms with Crippen LogP contribution in [0.25, 0.3) is 123 Å². The number of nitrogens with zero attached hydrogens (tertiary/aromatic N) is 19. The lowest BCUT2D eigenvalue weighted by atomic mass is 9.95. The lowest BCUT2D eigenvalue weighted by Crippen LogP contribution is -2.21. The topological polar surface area (TPSA) is 317 Å². The van der Waals surface area contributed by atoms with E-state index in [9.17, 15) is 5.11 Å². The Morgan fingerprint density at radius 3 is 1.19 bits per heavy atom. The van der Waals surface area contributed by atoms with Gasteiger partial charge >= 0.3 is 0 Å². The number of hydrogen-bond donors (Lipinski definition) is 7. The van der Waals surface area contributed by atoms with Crippen LogP contribution in [0.1, 0.15) is 138 Å². The second kappa shape index (κ2) is 42.7. The van der Waals surface area contributed by atoms with Gasteiger partial charge in [0.05, 0.1) is 119 Å². The molecule has 20 heterocycles. The SMILES string of the molecule is COc1ccc(CNc2nn(C)c3c2sc2nc(C)cc(C)c23)c(OC)c1.COc1ccc(CNc2nn(C)c3c2sc2nc(C)ccc23)cc1.Cc1cc(C)c2c(n1)sc1c(NC3CCCCC3)cn(CCO)c12.Cc1cc(C)c2c(n1)sc1c(NCc3csc(C)n3)nn(C)c12.Cc1ccc(CNc2nn(C)c3c2sc2nc(C)cc(C)c23)cc1.Cc1csc(CNc2nn(C)c3c2sc2nc(C)cc(C)c23)n1. The fourth-order valence-corrected chi connectivity index (χ4v) is 28.2. The molecular weight excluding hydrogens is 1970 g/mol. The van der Waals surface area contributed by atoms with E-state index in [4.69, 9.17) is 34.3 Å². The molecule has 37 heteroatoms. The zero-order chi connectivity index (χ0) is 102. The van der Waals surface area contributed by atoms with Crippen molar-refractivity contribution in [1.82, 2.24) is 93.3 Å². The summed E-state index contributed by atoms with van der Waals surface area (Å²) in [6.45, 7) is 33.4. The van der Waals surface area contributed by atoms with Gasteiger partial charge in [0.15, 0.2) is 29.1 Å². The molecule has 0 aliphatic heterocycles. The van der Waals surface area contributed by atoms with Gasteiger partial charge in [0.1, 0.15) is 51.2 Å². The molecule has 0 bridgehead atoms. The van der Waals surface area contributed by atoms with Crippen LogP contribution in [0.4, 0.5) is 34.8 Å². The average Bonchev–Trinajstić information content (AvgIpc) is 1.61. The van der Waals surface area contributed by atoms with E-state index in [1.165, 1.54) is 130 Å². The summed E-state index contributed by atoms with van der Waals surface area (Å²) in [7, 11) is 14.9. The van der Waals surface area contributed by atoms with Crippen LogP contribution in [-0.2, 0) is 74.5 Å². The van der Waals surface area contributed by atoms with Gasteiger partial charge in [-0.15, -0.1) is 90.7 Å². The molecule has 0 amide bonds. The van der Waals surface area contributed by atoms with Crippen LogP contribution in [0.15, 0.2) is 126 Å². The van der Waals surface area contributed by atoms with Gasteiger partial charge in [0, 0.05) is 168 Å². The van der Waals surface area contributed by atoms with E-state index in [1.807, 2.05) is 144 Å². The summed E-state index contributed by atoms with van der Waals surface area (Å²) in [6.07, 6.45) is 8.71. The third kappa shape index (κ3) is 21.0. The zero-order valence-corrected chi connectivity index (χ0v) is 92.2. The van der Waals surface area contributed by atoms with Crippen LogP contribution in [0, 0.1) is 96.9 Å². The van der Waals surface area contributed by atoms with Crippen LogP contribution >= 0.6 is 90.7 Å². The van der Waals surface area contributed by atoms with Gasteiger partial charge in [-0.3, -0.25) is 23.4 Å². The minimum Gasteiger partial charge on any atom is -0.497 e. The first kappa shape index (κ1) is 100. The van der Waals surface area contributed by atoms with Gasteiger partial charge in [0.2, 0.25) is 0 Å². The number of pyridine rings is 6. The summed E-state index contributed by atoms with van der Waals surface area (Å²) >= 11 is 13.6. The molecule has 0 atom stereocenters. The van der Waals surface area contributed by atoms with Crippen molar-refractivity contribution >= 4 is 248 Å². The van der Waals surface area contributed by atoms with Gasteiger partial charge in [-0.25, -0.2) is 39.9 Å². The van der Waals surface area contributed by atoms with E-state index in [0.717, 1.165) is 196 Å². The highest BCUT2D eigenvalue weighted by molar-refractivity contribution is 7.28. The predicted octanol–water partition coefficient (Wildman–Crippen LogP) is 26.2. The van der Waals surface area contributed by atoms with Crippen LogP contribution in [0.5, 0.6) is 17.2 Å². The van der Waals surface area contributed by atoms with Crippen LogP contribution in [0.2, 0.25) is 0 Å². The summed E-state index contributed by atoms with van der Waals surface area (Å²) in [5, 5.41) is 67.4. The molecule has 0 radical (unpaired) electrons. The number of aliphatic hydroxyl groups excluding tert-OH is 1. The fraction of sp³-hybridized carbons (Fsp3) is 0.324. The molecule has 1 aliphatic rings. The maximum atomic E-state index is 9.48. The second-order valence-electron chi connectivity index (χ2n) is 37.1. The molecule has 1 aliphatic carbocycles. The quantitative estimate of drug-likeness (QED) is 0.0331. The Hall–Kier alpha value is -13.4. The Balaban J connectivity index is 0.000000110. The number of ether oxygens (including phenoxy) is 3. The minimum absolute atomic E-state index is 0.155. The summed E-state index contributed by atoms with van der Waals surface area (Å²) in [5.74, 6) is 6.96. The number of aromatic nitrogens is 19. The van der Waals surface area contributed by atoms with E-state index >= 15 is 0 Å². The minimum atomic E-state index is 0.155. The van der Waals surface area contributed by atoms with Crippen molar-refractivity contribution in [2.75, 3.05) is 59.8 Å². The molecule has 7 N–H and O–H groups in total. The Bertz CT molecular complexity index is 8550. The van der Waals surface area contributed by atoms with Gasteiger partial charge in [-0.2, -0.15) is 25.5 Å². The molecule has 24 rings (SSSR count). The van der Waals surface area contributed by atoms with E-state index in [2.05, 4.69) is 220 Å². The Kier molecular flexibility index (Phi) is 29.6. The largest absolute Gasteiger partial charge is 0.497 e. The third-order valence-electron chi connectivity index (χ3n) is 25.9. The van der Waals surface area contributed by atoms with Crippen molar-refractivity contribution in [1.29, 1.82) is 0 Å². The Morgan fingerprint density at radius 2 is 0.759 bits per heavy atom. The molecule has 145 heavy (non-hydrogen) atoms. The van der Waals surface area contributed by atoms with Gasteiger partial charge in [-0.1, -0.05) is 61.2 Å². The zero-order valence-electron chi connectivity index (χ0n) is 85.6. The monoisotopic (exact) mass is 2090 g/mol. The molecule has 1 fully saturated rings. The number of nitrogens with one attached hydrogen (secondary N) is 6. The van der Waals surface area contributed by atoms with E-state index in [0.29, 0.717) is 32.2 Å². The second-order valence-corrected chi connectivity index (χ2v) is 45.1. The van der Waals surface area contributed by atoms with Crippen molar-refractivity contribution in [3.63, 3.8) is 0 Å². The fourth-order valence-electron chi connectivity index (χ4n) is 19.2. The van der Waals surface area contributed by atoms with E-state index in [-0.39, 0.29) is 6.61 Å². The molecule has 0 unspecified atom stereocenters. The first-order valence-electron chi connectivity index (χ1n) is 48.3. The van der Waals surface area contributed by atoms with Crippen LogP contribution in [0.3, 0.4) is 0 Å². The van der Waals surface area contributed by atoms with Crippen molar-refractivity contribution in [2.45, 2.75) is 174 Å². The highest BCUT2D eigenvalue weighted by Gasteiger charge is 2.27. The Labute approximate surface area is 872 Å². The number of benzene rings is 3. The summed E-state index contributed by atoms with van der Waals surface area (Å²) < 4.78 is 35.0. The summed E-state index contributed by atoms with van der Waals surface area (Å²) in [6, 6.07) is 37.9. The van der Waals surface area contributed by atoms with Crippen LogP contribution < -0.4 is 46.1 Å². The van der Waals surface area contributed by atoms with Gasteiger partial charge in [-0.05, 0) is 215 Å². The van der Waals surface area contributed by atoms with Crippen LogP contribution in [-0.4, -0.2) is 132 Å². The van der Waals surface area contributed by atoms with Gasteiger partial charge in [0.25, 0.3) is 0 Å². The molecule has 29 nitrogen and oxygen atoms in total. The summed E-state index contributed by atoms with van der Waals surface area (Å²) in [5.41, 5.74) is 27.7. The molecule has 748 valence electrons. The number of thiophene rings is 6. The van der Waals surface area contributed by atoms with Crippen molar-refractivity contribution in [3.05, 3.63) is 232 Å². The number of anilines is 6. The predicted molar refractivity (Wildman–Crippen MR) is 608 cm³/mol. The number of fused-ring (bicyclic) bond motifs is 18. The smallest absolute Gasteiger partial charge is 0.166 e.